The summed E-state index contributed by atoms with van der Waals surface area (Å²) in [5.41, 5.74) is 6.22. The Hall–Kier alpha value is -4.10. The van der Waals surface area contributed by atoms with E-state index in [4.69, 9.17) is 5.10 Å². The zero-order valence-corrected chi connectivity index (χ0v) is 21.4. The number of aryl methyl sites for hydroxylation is 1. The summed E-state index contributed by atoms with van der Waals surface area (Å²) in [6.45, 7) is 5.58. The molecule has 2 aliphatic rings. The lowest BCUT2D eigenvalue weighted by molar-refractivity contribution is -0.113. The van der Waals surface area contributed by atoms with Crippen LogP contribution >= 0.6 is 11.8 Å². The molecular formula is C30H27N5OS. The van der Waals surface area contributed by atoms with Crippen LogP contribution in [-0.2, 0) is 4.79 Å². The highest BCUT2D eigenvalue weighted by Crippen LogP contribution is 2.34. The third kappa shape index (κ3) is 4.95. The van der Waals surface area contributed by atoms with E-state index in [1.807, 2.05) is 77.6 Å². The number of carbonyl (C=O) groups is 1. The van der Waals surface area contributed by atoms with E-state index < -0.39 is 0 Å². The van der Waals surface area contributed by atoms with Gasteiger partial charge in [0.1, 0.15) is 0 Å². The molecule has 1 amide bonds. The molecule has 7 heteroatoms. The molecule has 0 unspecified atom stereocenters. The second-order valence-electron chi connectivity index (χ2n) is 9.20. The maximum atomic E-state index is 12.9. The number of nitrogens with zero attached hydrogens (tertiary/aromatic N) is 5. The molecule has 1 saturated heterocycles. The minimum absolute atomic E-state index is 0.188. The van der Waals surface area contributed by atoms with Gasteiger partial charge >= 0.3 is 0 Å². The van der Waals surface area contributed by atoms with E-state index in [9.17, 15) is 4.79 Å². The summed E-state index contributed by atoms with van der Waals surface area (Å²) >= 11 is 1.46. The van der Waals surface area contributed by atoms with Crippen LogP contribution in [0, 0.1) is 6.92 Å². The molecule has 0 aliphatic carbocycles. The third-order valence-electron chi connectivity index (χ3n) is 6.66. The van der Waals surface area contributed by atoms with Crippen LogP contribution in [0.15, 0.2) is 101 Å². The Morgan fingerprint density at radius 1 is 0.784 bits per heavy atom. The topological polar surface area (TPSA) is 53.7 Å². The molecule has 0 spiro atoms. The zero-order valence-electron chi connectivity index (χ0n) is 20.6. The van der Waals surface area contributed by atoms with Gasteiger partial charge in [0, 0.05) is 49.2 Å². The number of thioether (sulfide) groups is 1. The molecule has 0 N–H and O–H groups in total. The van der Waals surface area contributed by atoms with E-state index in [1.165, 1.54) is 23.0 Å². The molecule has 37 heavy (non-hydrogen) atoms. The lowest BCUT2D eigenvalue weighted by Gasteiger charge is -2.36. The first-order valence-corrected chi connectivity index (χ1v) is 13.3. The second-order valence-corrected chi connectivity index (χ2v) is 10.2. The number of amides is 1. The number of piperazine rings is 1. The zero-order chi connectivity index (χ0) is 25.2. The number of hydrogen-bond donors (Lipinski definition) is 0. The Morgan fingerprint density at radius 2 is 1.43 bits per heavy atom. The van der Waals surface area contributed by atoms with E-state index in [0.29, 0.717) is 4.91 Å². The predicted molar refractivity (Wildman–Crippen MR) is 152 cm³/mol. The van der Waals surface area contributed by atoms with Crippen molar-refractivity contribution in [2.24, 2.45) is 4.99 Å². The third-order valence-corrected chi connectivity index (χ3v) is 7.70. The van der Waals surface area contributed by atoms with Crippen molar-refractivity contribution in [2.45, 2.75) is 6.92 Å². The number of rotatable bonds is 4. The maximum absolute atomic E-state index is 12.9. The van der Waals surface area contributed by atoms with Gasteiger partial charge in [0.05, 0.1) is 16.3 Å². The molecule has 1 fully saturated rings. The number of aromatic nitrogens is 2. The fraction of sp³-hybridized carbons (Fsp3) is 0.167. The molecule has 0 bridgehead atoms. The van der Waals surface area contributed by atoms with Gasteiger partial charge in [-0.3, -0.25) is 4.79 Å². The monoisotopic (exact) mass is 505 g/mol. The highest BCUT2D eigenvalue weighted by Gasteiger charge is 2.29. The molecule has 6 nitrogen and oxygen atoms in total. The number of aliphatic imine (C=N–C) groups is 1. The van der Waals surface area contributed by atoms with Crippen molar-refractivity contribution in [3.8, 4) is 16.9 Å². The Morgan fingerprint density at radius 3 is 2.14 bits per heavy atom. The maximum Gasteiger partial charge on any atom is 0.286 e. The summed E-state index contributed by atoms with van der Waals surface area (Å²) in [6, 6.07) is 28.7. The van der Waals surface area contributed by atoms with Crippen molar-refractivity contribution in [3.05, 3.63) is 107 Å². The molecule has 0 saturated carbocycles. The van der Waals surface area contributed by atoms with Crippen LogP contribution in [0.5, 0.6) is 0 Å². The van der Waals surface area contributed by atoms with Gasteiger partial charge in [-0.2, -0.15) is 10.1 Å². The van der Waals surface area contributed by atoms with Crippen LogP contribution in [0.4, 0.5) is 5.69 Å². The number of amidine groups is 1. The molecule has 0 radical (unpaired) electrons. The van der Waals surface area contributed by atoms with Gasteiger partial charge in [0.15, 0.2) is 5.17 Å². The van der Waals surface area contributed by atoms with E-state index in [-0.39, 0.29) is 5.91 Å². The molecule has 2 aliphatic heterocycles. The predicted octanol–water partition coefficient (Wildman–Crippen LogP) is 5.64. The average molecular weight is 506 g/mol. The lowest BCUT2D eigenvalue weighted by atomic mass is 10.1. The Balaban J connectivity index is 1.22. The molecule has 4 aromatic rings. The largest absolute Gasteiger partial charge is 0.368 e. The van der Waals surface area contributed by atoms with Crippen LogP contribution in [0.2, 0.25) is 0 Å². The molecule has 6 rings (SSSR count). The Kier molecular flexibility index (Phi) is 6.37. The number of hydrogen-bond acceptors (Lipinski definition) is 5. The van der Waals surface area contributed by atoms with Crippen molar-refractivity contribution in [2.75, 3.05) is 31.1 Å². The molecule has 3 aromatic carbocycles. The molecular weight excluding hydrogens is 478 g/mol. The Bertz CT molecular complexity index is 1470. The van der Waals surface area contributed by atoms with Crippen molar-refractivity contribution in [1.82, 2.24) is 14.7 Å². The van der Waals surface area contributed by atoms with Gasteiger partial charge in [-0.05, 0) is 49.0 Å². The van der Waals surface area contributed by atoms with E-state index in [0.717, 1.165) is 53.9 Å². The highest BCUT2D eigenvalue weighted by atomic mass is 32.2. The van der Waals surface area contributed by atoms with Gasteiger partial charge in [0.2, 0.25) is 0 Å². The van der Waals surface area contributed by atoms with Crippen LogP contribution in [0.1, 0.15) is 11.1 Å². The van der Waals surface area contributed by atoms with Crippen molar-refractivity contribution in [3.63, 3.8) is 0 Å². The SMILES string of the molecule is Cc1ccc(N2CCN(C3=NC(=O)/C(=C/c4cn(-c5ccccc5)nc4-c4ccccc4)S3)CC2)cc1. The Labute approximate surface area is 220 Å². The normalized spacial score (nSPS) is 16.9. The second kappa shape index (κ2) is 10.1. The van der Waals surface area contributed by atoms with Gasteiger partial charge < -0.3 is 9.80 Å². The van der Waals surface area contributed by atoms with Crippen molar-refractivity contribution in [1.29, 1.82) is 0 Å². The summed E-state index contributed by atoms with van der Waals surface area (Å²) in [6.07, 6.45) is 3.91. The number of anilines is 1. The minimum Gasteiger partial charge on any atom is -0.368 e. The minimum atomic E-state index is -0.188. The van der Waals surface area contributed by atoms with Crippen LogP contribution < -0.4 is 4.90 Å². The van der Waals surface area contributed by atoms with E-state index in [2.05, 4.69) is 46.0 Å². The first-order chi connectivity index (χ1) is 18.1. The quantitative estimate of drug-likeness (QED) is 0.336. The first-order valence-electron chi connectivity index (χ1n) is 12.4. The smallest absolute Gasteiger partial charge is 0.286 e. The summed E-state index contributed by atoms with van der Waals surface area (Å²) in [5, 5.41) is 5.66. The number of para-hydroxylation sites is 1. The molecule has 0 atom stereocenters. The highest BCUT2D eigenvalue weighted by molar-refractivity contribution is 8.18. The fourth-order valence-electron chi connectivity index (χ4n) is 4.61. The van der Waals surface area contributed by atoms with Gasteiger partial charge in [-0.1, -0.05) is 66.2 Å². The standard InChI is InChI=1S/C30H27N5OS/c1-22-12-14-25(15-13-22)33-16-18-34(19-17-33)30-31-29(36)27(37-30)20-24-21-35(26-10-6-3-7-11-26)32-28(24)23-8-4-2-5-9-23/h2-15,20-21H,16-19H2,1H3/b27-20-. The first kappa shape index (κ1) is 23.3. The van der Waals surface area contributed by atoms with Crippen LogP contribution in [0.25, 0.3) is 23.0 Å². The summed E-state index contributed by atoms with van der Waals surface area (Å²) in [7, 11) is 0. The van der Waals surface area contributed by atoms with Gasteiger partial charge in [0.25, 0.3) is 5.91 Å². The molecule has 1 aromatic heterocycles. The number of carbonyl (C=O) groups excluding carboxylic acids is 1. The van der Waals surface area contributed by atoms with Crippen molar-refractivity contribution >= 4 is 34.6 Å². The van der Waals surface area contributed by atoms with Gasteiger partial charge in [-0.15, -0.1) is 0 Å². The molecule has 3 heterocycles. The molecule has 184 valence electrons. The lowest BCUT2D eigenvalue weighted by Crippen LogP contribution is -2.47. The summed E-state index contributed by atoms with van der Waals surface area (Å²) in [4.78, 5) is 22.6. The average Bonchev–Trinajstić information content (AvgIpc) is 3.54. The van der Waals surface area contributed by atoms with E-state index in [1.54, 1.807) is 0 Å². The van der Waals surface area contributed by atoms with Crippen LogP contribution in [-0.4, -0.2) is 51.9 Å². The fourth-order valence-corrected chi connectivity index (χ4v) is 5.57. The summed E-state index contributed by atoms with van der Waals surface area (Å²) in [5.74, 6) is -0.188. The van der Waals surface area contributed by atoms with E-state index >= 15 is 0 Å². The van der Waals surface area contributed by atoms with Crippen molar-refractivity contribution < 1.29 is 4.79 Å². The number of benzene rings is 3. The van der Waals surface area contributed by atoms with Crippen LogP contribution in [0.3, 0.4) is 0 Å². The van der Waals surface area contributed by atoms with Gasteiger partial charge in [-0.25, -0.2) is 4.68 Å². The summed E-state index contributed by atoms with van der Waals surface area (Å²) < 4.78 is 1.87.